The Morgan fingerprint density at radius 2 is 1.48 bits per heavy atom. The van der Waals surface area contributed by atoms with Crippen molar-refractivity contribution in [1.29, 1.82) is 0 Å². The standard InChI is InChI=1S/C23H23N3O3/c1-29-20-15-9-8-12-18(20)16-24-23(28)26-21(17-10-4-2-5-11-17)22(27)25-19-13-6-3-7-14-19/h2-15,21H,16H2,1H3,(H,25,27)(H2,24,26,28)/t21-/m0/s1. The highest BCUT2D eigenvalue weighted by Gasteiger charge is 2.22. The summed E-state index contributed by atoms with van der Waals surface area (Å²) in [5, 5.41) is 8.38. The summed E-state index contributed by atoms with van der Waals surface area (Å²) in [6.45, 7) is 0.275. The van der Waals surface area contributed by atoms with Gasteiger partial charge in [0.05, 0.1) is 7.11 Å². The van der Waals surface area contributed by atoms with Crippen LogP contribution in [0, 0.1) is 0 Å². The second kappa shape index (κ2) is 9.94. The van der Waals surface area contributed by atoms with Crippen LogP contribution in [0.2, 0.25) is 0 Å². The molecule has 0 heterocycles. The van der Waals surface area contributed by atoms with Gasteiger partial charge in [-0.05, 0) is 23.8 Å². The molecule has 0 spiro atoms. The molecule has 0 aliphatic carbocycles. The molecule has 0 unspecified atom stereocenters. The van der Waals surface area contributed by atoms with Gasteiger partial charge >= 0.3 is 6.03 Å². The van der Waals surface area contributed by atoms with Crippen LogP contribution in [0.5, 0.6) is 5.75 Å². The SMILES string of the molecule is COc1ccccc1CNC(=O)N[C@H](C(=O)Nc1ccccc1)c1ccccc1. The molecule has 0 saturated carbocycles. The predicted octanol–water partition coefficient (Wildman–Crippen LogP) is 3.87. The molecule has 0 saturated heterocycles. The molecule has 0 aliphatic heterocycles. The average Bonchev–Trinajstić information content (AvgIpc) is 2.77. The van der Waals surface area contributed by atoms with Crippen molar-refractivity contribution in [2.45, 2.75) is 12.6 Å². The third kappa shape index (κ3) is 5.59. The number of carbonyl (C=O) groups is 2. The molecule has 1 atom stereocenters. The lowest BCUT2D eigenvalue weighted by Crippen LogP contribution is -2.42. The van der Waals surface area contributed by atoms with Crippen molar-refractivity contribution in [3.63, 3.8) is 0 Å². The monoisotopic (exact) mass is 389 g/mol. The van der Waals surface area contributed by atoms with Crippen LogP contribution in [0.3, 0.4) is 0 Å². The fourth-order valence-corrected chi connectivity index (χ4v) is 2.89. The highest BCUT2D eigenvalue weighted by atomic mass is 16.5. The summed E-state index contributed by atoms with van der Waals surface area (Å²) in [5.74, 6) is 0.365. The van der Waals surface area contributed by atoms with Crippen LogP contribution in [0.4, 0.5) is 10.5 Å². The summed E-state index contributed by atoms with van der Waals surface area (Å²) in [7, 11) is 1.58. The molecule has 0 bridgehead atoms. The van der Waals surface area contributed by atoms with Crippen LogP contribution in [-0.4, -0.2) is 19.0 Å². The Morgan fingerprint density at radius 1 is 0.862 bits per heavy atom. The fraction of sp³-hybridized carbons (Fsp3) is 0.130. The van der Waals surface area contributed by atoms with Crippen molar-refractivity contribution >= 4 is 17.6 Å². The molecule has 3 amide bonds. The van der Waals surface area contributed by atoms with Crippen LogP contribution in [0.15, 0.2) is 84.9 Å². The highest BCUT2D eigenvalue weighted by molar-refractivity contribution is 5.97. The quantitative estimate of drug-likeness (QED) is 0.574. The Kier molecular flexibility index (Phi) is 6.84. The molecule has 0 fully saturated rings. The van der Waals surface area contributed by atoms with Gasteiger partial charge in [0.25, 0.3) is 5.91 Å². The number of hydrogen-bond donors (Lipinski definition) is 3. The lowest BCUT2D eigenvalue weighted by Gasteiger charge is -2.19. The number of para-hydroxylation sites is 2. The van der Waals surface area contributed by atoms with E-state index < -0.39 is 12.1 Å². The number of urea groups is 1. The van der Waals surface area contributed by atoms with E-state index in [0.717, 1.165) is 5.56 Å². The van der Waals surface area contributed by atoms with Crippen LogP contribution >= 0.6 is 0 Å². The first-order valence-corrected chi connectivity index (χ1v) is 9.24. The Hall–Kier alpha value is -3.80. The van der Waals surface area contributed by atoms with Gasteiger partial charge in [-0.25, -0.2) is 4.79 Å². The van der Waals surface area contributed by atoms with Crippen LogP contribution in [0.25, 0.3) is 0 Å². The number of ether oxygens (including phenoxy) is 1. The van der Waals surface area contributed by atoms with E-state index in [9.17, 15) is 9.59 Å². The van der Waals surface area contributed by atoms with E-state index >= 15 is 0 Å². The van der Waals surface area contributed by atoms with E-state index in [4.69, 9.17) is 4.74 Å². The smallest absolute Gasteiger partial charge is 0.315 e. The number of methoxy groups -OCH3 is 1. The maximum atomic E-state index is 12.8. The zero-order chi connectivity index (χ0) is 20.5. The third-order valence-corrected chi connectivity index (χ3v) is 4.34. The van der Waals surface area contributed by atoms with Crippen LogP contribution in [-0.2, 0) is 11.3 Å². The van der Waals surface area contributed by atoms with E-state index in [2.05, 4.69) is 16.0 Å². The largest absolute Gasteiger partial charge is 0.496 e. The van der Waals surface area contributed by atoms with E-state index in [-0.39, 0.29) is 12.5 Å². The minimum atomic E-state index is -0.839. The normalized spacial score (nSPS) is 11.2. The highest BCUT2D eigenvalue weighted by Crippen LogP contribution is 2.18. The van der Waals surface area contributed by atoms with Crippen molar-refractivity contribution < 1.29 is 14.3 Å². The second-order valence-corrected chi connectivity index (χ2v) is 6.34. The lowest BCUT2D eigenvalue weighted by molar-refractivity contribution is -0.118. The van der Waals surface area contributed by atoms with Crippen molar-refractivity contribution in [3.05, 3.63) is 96.1 Å². The van der Waals surface area contributed by atoms with E-state index in [1.807, 2.05) is 60.7 Å². The summed E-state index contributed by atoms with van der Waals surface area (Å²) in [6, 6.07) is 24.4. The minimum Gasteiger partial charge on any atom is -0.496 e. The zero-order valence-electron chi connectivity index (χ0n) is 16.1. The van der Waals surface area contributed by atoms with E-state index in [1.54, 1.807) is 31.4 Å². The fourth-order valence-electron chi connectivity index (χ4n) is 2.89. The van der Waals surface area contributed by atoms with Crippen LogP contribution in [0.1, 0.15) is 17.2 Å². The van der Waals surface area contributed by atoms with Crippen LogP contribution < -0.4 is 20.7 Å². The number of carbonyl (C=O) groups excluding carboxylic acids is 2. The molecule has 6 nitrogen and oxygen atoms in total. The topological polar surface area (TPSA) is 79.5 Å². The maximum absolute atomic E-state index is 12.8. The maximum Gasteiger partial charge on any atom is 0.315 e. The molecule has 0 aromatic heterocycles. The summed E-state index contributed by atoms with van der Waals surface area (Å²) in [4.78, 5) is 25.4. The number of rotatable bonds is 7. The predicted molar refractivity (Wildman–Crippen MR) is 113 cm³/mol. The van der Waals surface area contributed by atoms with Gasteiger partial charge in [-0.3, -0.25) is 4.79 Å². The number of benzene rings is 3. The van der Waals surface area contributed by atoms with Gasteiger partial charge in [0.15, 0.2) is 0 Å². The molecular weight excluding hydrogens is 366 g/mol. The molecule has 0 radical (unpaired) electrons. The summed E-state index contributed by atoms with van der Waals surface area (Å²) in [6.07, 6.45) is 0. The average molecular weight is 389 g/mol. The second-order valence-electron chi connectivity index (χ2n) is 6.34. The lowest BCUT2D eigenvalue weighted by atomic mass is 10.1. The summed E-state index contributed by atoms with van der Waals surface area (Å²) in [5.41, 5.74) is 2.19. The van der Waals surface area contributed by atoms with Gasteiger partial charge in [-0.2, -0.15) is 0 Å². The molecule has 29 heavy (non-hydrogen) atoms. The molecule has 3 aromatic carbocycles. The molecule has 0 aliphatic rings. The first kappa shape index (κ1) is 19.9. The molecule has 3 rings (SSSR count). The Balaban J connectivity index is 1.69. The third-order valence-electron chi connectivity index (χ3n) is 4.34. The number of amides is 3. The summed E-state index contributed by atoms with van der Waals surface area (Å²) >= 11 is 0. The van der Waals surface area contributed by atoms with Crippen molar-refractivity contribution in [3.8, 4) is 5.75 Å². The Bertz CT molecular complexity index is 946. The van der Waals surface area contributed by atoms with Gasteiger partial charge in [0.2, 0.25) is 0 Å². The van der Waals surface area contributed by atoms with E-state index in [1.165, 1.54) is 0 Å². The number of anilines is 1. The first-order chi connectivity index (χ1) is 14.2. The molecular formula is C23H23N3O3. The van der Waals surface area contributed by atoms with Gasteiger partial charge in [-0.15, -0.1) is 0 Å². The van der Waals surface area contributed by atoms with Crippen molar-refractivity contribution in [2.75, 3.05) is 12.4 Å². The summed E-state index contributed by atoms with van der Waals surface area (Å²) < 4.78 is 5.30. The first-order valence-electron chi connectivity index (χ1n) is 9.24. The van der Waals surface area contributed by atoms with E-state index in [0.29, 0.717) is 17.0 Å². The molecule has 3 aromatic rings. The van der Waals surface area contributed by atoms with Crippen molar-refractivity contribution in [1.82, 2.24) is 10.6 Å². The molecule has 3 N–H and O–H groups in total. The molecule has 6 heteroatoms. The minimum absolute atomic E-state index is 0.275. The Labute approximate surface area is 169 Å². The van der Waals surface area contributed by atoms with Gasteiger partial charge in [-0.1, -0.05) is 66.7 Å². The molecule has 148 valence electrons. The van der Waals surface area contributed by atoms with Gasteiger partial charge in [0, 0.05) is 17.8 Å². The number of nitrogens with one attached hydrogen (secondary N) is 3. The number of hydrogen-bond acceptors (Lipinski definition) is 3. The van der Waals surface area contributed by atoms with Gasteiger partial charge < -0.3 is 20.7 Å². The Morgan fingerprint density at radius 3 is 2.17 bits per heavy atom. The van der Waals surface area contributed by atoms with Crippen molar-refractivity contribution in [2.24, 2.45) is 0 Å². The zero-order valence-corrected chi connectivity index (χ0v) is 16.1. The van der Waals surface area contributed by atoms with Gasteiger partial charge in [0.1, 0.15) is 11.8 Å².